The average molecular weight is 266 g/mol. The third-order valence-corrected chi connectivity index (χ3v) is 2.25. The Hall–Kier alpha value is -1.35. The lowest BCUT2D eigenvalue weighted by Gasteiger charge is -2.11. The highest BCUT2D eigenvalue weighted by atomic mass is 32.3. The Balaban J connectivity index is 2.81. The van der Waals surface area contributed by atoms with Crippen LogP contribution >= 0.6 is 0 Å². The van der Waals surface area contributed by atoms with Crippen LogP contribution in [0.2, 0.25) is 0 Å². The van der Waals surface area contributed by atoms with Gasteiger partial charge in [-0.3, -0.25) is 4.55 Å². The maximum atomic E-state index is 10.5. The van der Waals surface area contributed by atoms with Gasteiger partial charge in [-0.15, -0.1) is 0 Å². The summed E-state index contributed by atoms with van der Waals surface area (Å²) >= 11 is 0. The van der Waals surface area contributed by atoms with E-state index in [9.17, 15) is 18.6 Å². The minimum atomic E-state index is -4.77. The number of aliphatic hydroxyl groups excluding tert-OH is 1. The van der Waals surface area contributed by atoms with Crippen LogP contribution in [0.4, 0.5) is 0 Å². The standard InChI is InChI=1S/C9H13NO6S/c1-10-5-8(12)6-2-3-9(7(11)4-6)16-17(13,14)15/h2-4,8,10-12H,5H2,1H3,(H,13,14,15)/i1D3. The van der Waals surface area contributed by atoms with Crippen molar-refractivity contribution >= 4 is 10.4 Å². The summed E-state index contributed by atoms with van der Waals surface area (Å²) in [5, 5.41) is 21.3. The van der Waals surface area contributed by atoms with Crippen molar-refractivity contribution in [3.05, 3.63) is 23.8 Å². The Morgan fingerprint density at radius 1 is 1.59 bits per heavy atom. The maximum Gasteiger partial charge on any atom is 0.446 e. The zero-order chi connectivity index (χ0) is 15.6. The van der Waals surface area contributed by atoms with E-state index in [-0.39, 0.29) is 12.1 Å². The van der Waals surface area contributed by atoms with E-state index in [2.05, 4.69) is 9.50 Å². The van der Waals surface area contributed by atoms with Crippen molar-refractivity contribution in [3.8, 4) is 11.5 Å². The Morgan fingerprint density at radius 2 is 2.29 bits per heavy atom. The molecule has 0 aliphatic carbocycles. The lowest BCUT2D eigenvalue weighted by atomic mass is 10.1. The van der Waals surface area contributed by atoms with Crippen LogP contribution in [0.3, 0.4) is 0 Å². The summed E-state index contributed by atoms with van der Waals surface area (Å²) in [5.74, 6) is -1.15. The summed E-state index contributed by atoms with van der Waals surface area (Å²) in [6.07, 6.45) is -1.24. The normalized spacial score (nSPS) is 16.7. The first kappa shape index (κ1) is 9.66. The van der Waals surface area contributed by atoms with Gasteiger partial charge >= 0.3 is 10.4 Å². The summed E-state index contributed by atoms with van der Waals surface area (Å²) in [6, 6.07) is 3.22. The van der Waals surface area contributed by atoms with Crippen LogP contribution in [0.5, 0.6) is 11.5 Å². The van der Waals surface area contributed by atoms with Crippen LogP contribution in [0.1, 0.15) is 15.8 Å². The molecule has 17 heavy (non-hydrogen) atoms. The second-order valence-electron chi connectivity index (χ2n) is 3.13. The lowest BCUT2D eigenvalue weighted by Crippen LogP contribution is -2.16. The second-order valence-corrected chi connectivity index (χ2v) is 4.16. The highest BCUT2D eigenvalue weighted by Crippen LogP contribution is 2.29. The van der Waals surface area contributed by atoms with E-state index in [0.29, 0.717) is 0 Å². The molecule has 0 heterocycles. The molecule has 0 radical (unpaired) electrons. The highest BCUT2D eigenvalue weighted by Gasteiger charge is 2.14. The van der Waals surface area contributed by atoms with Gasteiger partial charge in [-0.05, 0) is 24.7 Å². The van der Waals surface area contributed by atoms with Crippen LogP contribution in [-0.2, 0) is 10.4 Å². The third kappa shape index (κ3) is 4.19. The summed E-state index contributed by atoms with van der Waals surface area (Å²) < 4.78 is 54.2. The average Bonchev–Trinajstić information content (AvgIpc) is 2.26. The summed E-state index contributed by atoms with van der Waals surface area (Å²) in [7, 11) is -4.77. The van der Waals surface area contributed by atoms with Gasteiger partial charge in [0.2, 0.25) is 0 Å². The first-order valence-electron chi connectivity index (χ1n) is 5.91. The molecule has 1 atom stereocenters. The number of rotatable bonds is 5. The van der Waals surface area contributed by atoms with Gasteiger partial charge in [-0.2, -0.15) is 8.42 Å². The van der Waals surface area contributed by atoms with E-state index in [0.717, 1.165) is 12.1 Å². The third-order valence-electron chi connectivity index (χ3n) is 1.86. The van der Waals surface area contributed by atoms with Crippen LogP contribution in [0.15, 0.2) is 18.2 Å². The number of hydrogen-bond donors (Lipinski definition) is 4. The number of nitrogens with one attached hydrogen (secondary N) is 1. The Kier molecular flexibility index (Phi) is 3.02. The fourth-order valence-electron chi connectivity index (χ4n) is 1.14. The van der Waals surface area contributed by atoms with Crippen molar-refractivity contribution in [2.75, 3.05) is 13.5 Å². The van der Waals surface area contributed by atoms with E-state index < -0.39 is 35.0 Å². The molecule has 0 saturated heterocycles. The molecule has 0 aromatic heterocycles. The quantitative estimate of drug-likeness (QED) is 0.546. The SMILES string of the molecule is [2H]C([2H])([2H])NCC(O)c1ccc(OS(=O)(=O)O)c(O)c1. The Labute approximate surface area is 103 Å². The molecular weight excluding hydrogens is 250 g/mol. The molecule has 0 saturated carbocycles. The van der Waals surface area contributed by atoms with Gasteiger partial charge in [0.25, 0.3) is 0 Å². The number of phenolic OH excluding ortho intramolecular Hbond substituents is 1. The van der Waals surface area contributed by atoms with Crippen LogP contribution in [0.25, 0.3) is 0 Å². The number of aromatic hydroxyl groups is 1. The Bertz CT molecular complexity index is 574. The highest BCUT2D eigenvalue weighted by molar-refractivity contribution is 7.81. The van der Waals surface area contributed by atoms with Crippen molar-refractivity contribution < 1.29 is 31.5 Å². The predicted octanol–water partition coefficient (Wildman–Crippen LogP) is -0.173. The molecule has 4 N–H and O–H groups in total. The molecule has 1 aromatic rings. The molecule has 0 aliphatic heterocycles. The van der Waals surface area contributed by atoms with Crippen molar-refractivity contribution in [2.24, 2.45) is 0 Å². The predicted molar refractivity (Wildman–Crippen MR) is 59.2 cm³/mol. The van der Waals surface area contributed by atoms with Gasteiger partial charge < -0.3 is 19.7 Å². The number of phenols is 1. The van der Waals surface area contributed by atoms with Crippen molar-refractivity contribution in [1.82, 2.24) is 5.32 Å². The molecule has 0 bridgehead atoms. The van der Waals surface area contributed by atoms with Crippen molar-refractivity contribution in [3.63, 3.8) is 0 Å². The number of hydrogen-bond acceptors (Lipinski definition) is 6. The summed E-state index contributed by atoms with van der Waals surface area (Å²) in [5.41, 5.74) is 0.141. The summed E-state index contributed by atoms with van der Waals surface area (Å²) in [4.78, 5) is 0. The zero-order valence-corrected chi connectivity index (χ0v) is 9.31. The largest absolute Gasteiger partial charge is 0.504 e. The first-order valence-corrected chi connectivity index (χ1v) is 5.77. The van der Waals surface area contributed by atoms with Gasteiger partial charge in [-0.1, -0.05) is 6.07 Å². The smallest absolute Gasteiger partial charge is 0.446 e. The van der Waals surface area contributed by atoms with Gasteiger partial charge in [0.05, 0.1) is 6.10 Å². The molecule has 1 unspecified atom stereocenters. The van der Waals surface area contributed by atoms with Crippen molar-refractivity contribution in [2.45, 2.75) is 6.10 Å². The van der Waals surface area contributed by atoms with Gasteiger partial charge in [-0.25, -0.2) is 0 Å². The van der Waals surface area contributed by atoms with Crippen molar-refractivity contribution in [1.29, 1.82) is 0 Å². The number of benzene rings is 1. The molecular formula is C9H13NO6S. The molecule has 0 fully saturated rings. The molecule has 7 nitrogen and oxygen atoms in total. The van der Waals surface area contributed by atoms with E-state index >= 15 is 0 Å². The van der Waals surface area contributed by atoms with Crippen LogP contribution < -0.4 is 9.50 Å². The summed E-state index contributed by atoms with van der Waals surface area (Å²) in [6.45, 7) is -2.72. The number of likely N-dealkylation sites (N-methyl/N-ethyl adjacent to an activating group) is 1. The van der Waals surface area contributed by atoms with E-state index in [1.165, 1.54) is 6.07 Å². The monoisotopic (exact) mass is 266 g/mol. The molecule has 0 aliphatic rings. The second kappa shape index (κ2) is 5.32. The van der Waals surface area contributed by atoms with Crippen LogP contribution in [-0.4, -0.2) is 36.7 Å². The fourth-order valence-corrected chi connectivity index (χ4v) is 1.51. The molecule has 0 spiro atoms. The molecule has 0 amide bonds. The number of aliphatic hydroxyl groups is 1. The first-order chi connectivity index (χ1) is 8.98. The van der Waals surface area contributed by atoms with E-state index in [1.807, 2.05) is 0 Å². The van der Waals surface area contributed by atoms with Gasteiger partial charge in [0.1, 0.15) is 0 Å². The molecule has 8 heteroatoms. The maximum absolute atomic E-state index is 10.5. The fraction of sp³-hybridized carbons (Fsp3) is 0.333. The van der Waals surface area contributed by atoms with E-state index in [4.69, 9.17) is 8.67 Å². The van der Waals surface area contributed by atoms with E-state index in [1.54, 1.807) is 0 Å². The molecule has 96 valence electrons. The topological polar surface area (TPSA) is 116 Å². The van der Waals surface area contributed by atoms with Gasteiger partial charge in [0, 0.05) is 10.7 Å². The van der Waals surface area contributed by atoms with Crippen LogP contribution in [0, 0.1) is 0 Å². The minimum Gasteiger partial charge on any atom is -0.504 e. The Morgan fingerprint density at radius 3 is 2.82 bits per heavy atom. The molecule has 1 aromatic carbocycles. The van der Waals surface area contributed by atoms with Gasteiger partial charge in [0.15, 0.2) is 11.5 Å². The zero-order valence-electron chi connectivity index (χ0n) is 11.5. The lowest BCUT2D eigenvalue weighted by molar-refractivity contribution is 0.177. The molecule has 1 rings (SSSR count). The minimum absolute atomic E-state index is 0.141.